The number of hydrogen-bond donors (Lipinski definition) is 1. The normalized spacial score (nSPS) is 13.1. The quantitative estimate of drug-likeness (QED) is 0.751. The van der Waals surface area contributed by atoms with Crippen LogP contribution < -0.4 is 5.19 Å². The number of fused-ring (bicyclic) bond motifs is 1. The summed E-state index contributed by atoms with van der Waals surface area (Å²) in [6.07, 6.45) is 3.98. The van der Waals surface area contributed by atoms with Crippen LogP contribution in [0.3, 0.4) is 0 Å². The van der Waals surface area contributed by atoms with Gasteiger partial charge in [-0.05, 0) is 43.8 Å². The van der Waals surface area contributed by atoms with E-state index in [-0.39, 0.29) is 0 Å². The van der Waals surface area contributed by atoms with E-state index in [0.717, 1.165) is 10.1 Å². The van der Waals surface area contributed by atoms with Gasteiger partial charge >= 0.3 is 0 Å². The summed E-state index contributed by atoms with van der Waals surface area (Å²) in [6, 6.07) is 2.27. The molecule has 0 aromatic carbocycles. The number of H-pyrrole nitrogens is 1. The van der Waals surface area contributed by atoms with Gasteiger partial charge in [0.05, 0.1) is 8.07 Å². The van der Waals surface area contributed by atoms with Crippen LogP contribution in [0.15, 0.2) is 22.9 Å². The van der Waals surface area contributed by atoms with Gasteiger partial charge in [0.2, 0.25) is 0 Å². The zero-order chi connectivity index (χ0) is 15.1. The number of aromatic nitrogens is 2. The first kappa shape index (κ1) is 15.8. The van der Waals surface area contributed by atoms with Gasteiger partial charge in [0.25, 0.3) is 0 Å². The molecule has 0 fully saturated rings. The maximum absolute atomic E-state index is 4.49. The lowest BCUT2D eigenvalue weighted by molar-refractivity contribution is 0.836. The van der Waals surface area contributed by atoms with Gasteiger partial charge < -0.3 is 4.98 Å². The first-order valence-electron chi connectivity index (χ1n) is 7.45. The highest BCUT2D eigenvalue weighted by Crippen LogP contribution is 2.42. The molecule has 1 N–H and O–H groups in total. The van der Waals surface area contributed by atoms with Crippen molar-refractivity contribution in [2.45, 2.75) is 58.2 Å². The van der Waals surface area contributed by atoms with Crippen LogP contribution in [0.25, 0.3) is 11.0 Å². The number of aromatic amines is 1. The fourth-order valence-electron chi connectivity index (χ4n) is 4.31. The molecule has 0 amide bonds. The molecule has 0 aliphatic rings. The van der Waals surface area contributed by atoms with E-state index in [0.29, 0.717) is 16.6 Å². The predicted molar refractivity (Wildman–Crippen MR) is 94.5 cm³/mol. The van der Waals surface area contributed by atoms with E-state index >= 15 is 0 Å². The van der Waals surface area contributed by atoms with Crippen molar-refractivity contribution in [1.82, 2.24) is 9.97 Å². The largest absolute Gasteiger partial charge is 0.345 e. The Hall–Kier alpha value is -0.613. The number of pyridine rings is 1. The van der Waals surface area contributed by atoms with Gasteiger partial charge in [-0.2, -0.15) is 0 Å². The molecule has 0 atom stereocenters. The lowest BCUT2D eigenvalue weighted by atomic mass is 10.3. The van der Waals surface area contributed by atoms with Crippen molar-refractivity contribution < 1.29 is 0 Å². The molecule has 0 bridgehead atoms. The van der Waals surface area contributed by atoms with Crippen LogP contribution in [0.1, 0.15) is 41.5 Å². The Labute approximate surface area is 131 Å². The van der Waals surface area contributed by atoms with Crippen LogP contribution in [0.5, 0.6) is 0 Å². The molecule has 2 heterocycles. The molecule has 110 valence electrons. The molecule has 0 radical (unpaired) electrons. The minimum Gasteiger partial charge on any atom is -0.345 e. The molecule has 2 aromatic heterocycles. The highest BCUT2D eigenvalue weighted by molar-refractivity contribution is 9.10. The van der Waals surface area contributed by atoms with Gasteiger partial charge in [-0.1, -0.05) is 41.5 Å². The molecule has 0 saturated heterocycles. The smallest absolute Gasteiger partial charge is 0.138 e. The van der Waals surface area contributed by atoms with Crippen LogP contribution >= 0.6 is 15.9 Å². The van der Waals surface area contributed by atoms with Crippen molar-refractivity contribution in [3.8, 4) is 0 Å². The minimum atomic E-state index is -1.65. The summed E-state index contributed by atoms with van der Waals surface area (Å²) in [5.41, 5.74) is 3.12. The van der Waals surface area contributed by atoms with Gasteiger partial charge in [0.1, 0.15) is 5.65 Å². The lowest BCUT2D eigenvalue weighted by Crippen LogP contribution is -2.55. The standard InChI is InChI=1S/C16H25BrN2Si/c1-10(2)20(11(3)4,12(5)6)14-7-8-18-16-15(14)13(17)9-19-16/h7-12H,1-6H3,(H,18,19). The fraction of sp³-hybridized carbons (Fsp3) is 0.562. The van der Waals surface area contributed by atoms with E-state index in [1.807, 2.05) is 12.4 Å². The van der Waals surface area contributed by atoms with Crippen LogP contribution in [-0.4, -0.2) is 18.0 Å². The number of nitrogens with one attached hydrogen (secondary N) is 1. The first-order valence-corrected chi connectivity index (χ1v) is 10.5. The van der Waals surface area contributed by atoms with Crippen LogP contribution in [0.4, 0.5) is 0 Å². The highest BCUT2D eigenvalue weighted by Gasteiger charge is 2.45. The maximum Gasteiger partial charge on any atom is 0.138 e. The summed E-state index contributed by atoms with van der Waals surface area (Å²) in [4.78, 5) is 7.77. The first-order chi connectivity index (χ1) is 9.33. The monoisotopic (exact) mass is 352 g/mol. The molecular formula is C16H25BrN2Si. The van der Waals surface area contributed by atoms with Gasteiger partial charge in [-0.3, -0.25) is 0 Å². The molecule has 0 unspecified atom stereocenters. The molecule has 0 aliphatic carbocycles. The van der Waals surface area contributed by atoms with Crippen LogP contribution in [-0.2, 0) is 0 Å². The average Bonchev–Trinajstić information content (AvgIpc) is 2.71. The van der Waals surface area contributed by atoms with Gasteiger partial charge in [-0.25, -0.2) is 4.98 Å². The van der Waals surface area contributed by atoms with E-state index in [4.69, 9.17) is 0 Å². The summed E-state index contributed by atoms with van der Waals surface area (Å²) < 4.78 is 1.15. The second kappa shape index (κ2) is 5.64. The third-order valence-corrected chi connectivity index (χ3v) is 12.6. The number of hydrogen-bond acceptors (Lipinski definition) is 1. The molecule has 2 nitrogen and oxygen atoms in total. The predicted octanol–water partition coefficient (Wildman–Crippen LogP) is 5.21. The van der Waals surface area contributed by atoms with Crippen molar-refractivity contribution in [2.24, 2.45) is 0 Å². The molecule has 4 heteroatoms. The zero-order valence-corrected chi connectivity index (χ0v) is 15.9. The van der Waals surface area contributed by atoms with Crippen LogP contribution in [0.2, 0.25) is 16.6 Å². The van der Waals surface area contributed by atoms with Gasteiger partial charge in [0.15, 0.2) is 0 Å². The summed E-state index contributed by atoms with van der Waals surface area (Å²) >= 11 is 3.71. The third kappa shape index (κ3) is 2.17. The average molecular weight is 353 g/mol. The fourth-order valence-corrected chi connectivity index (χ4v) is 11.9. The summed E-state index contributed by atoms with van der Waals surface area (Å²) in [5, 5.41) is 2.85. The third-order valence-electron chi connectivity index (χ3n) is 4.86. The Morgan fingerprint density at radius 1 is 1.05 bits per heavy atom. The van der Waals surface area contributed by atoms with Crippen molar-refractivity contribution in [1.29, 1.82) is 0 Å². The minimum absolute atomic E-state index is 0.704. The molecular weight excluding hydrogens is 328 g/mol. The lowest BCUT2D eigenvalue weighted by Gasteiger charge is -2.44. The number of halogens is 1. The highest BCUT2D eigenvalue weighted by atomic mass is 79.9. The van der Waals surface area contributed by atoms with Crippen molar-refractivity contribution in [2.75, 3.05) is 0 Å². The van der Waals surface area contributed by atoms with E-state index in [9.17, 15) is 0 Å². The van der Waals surface area contributed by atoms with E-state index < -0.39 is 8.07 Å². The SMILES string of the molecule is CC(C)[Si](c1ccnc2[nH]cc(Br)c12)(C(C)C)C(C)C. The number of rotatable bonds is 4. The molecule has 0 aliphatic heterocycles. The van der Waals surface area contributed by atoms with E-state index in [1.165, 1.54) is 5.39 Å². The Bertz CT molecular complexity index is 580. The van der Waals surface area contributed by atoms with Gasteiger partial charge in [-0.15, -0.1) is 0 Å². The molecule has 0 saturated carbocycles. The molecule has 0 spiro atoms. The second-order valence-electron chi connectivity index (χ2n) is 6.62. The van der Waals surface area contributed by atoms with E-state index in [2.05, 4.69) is 73.5 Å². The topological polar surface area (TPSA) is 28.7 Å². The van der Waals surface area contributed by atoms with Crippen LogP contribution in [0, 0.1) is 0 Å². The molecule has 20 heavy (non-hydrogen) atoms. The Morgan fingerprint density at radius 2 is 1.60 bits per heavy atom. The summed E-state index contributed by atoms with van der Waals surface area (Å²) in [7, 11) is -1.65. The second-order valence-corrected chi connectivity index (χ2v) is 13.3. The van der Waals surface area contributed by atoms with Crippen molar-refractivity contribution >= 4 is 40.2 Å². The zero-order valence-electron chi connectivity index (χ0n) is 13.3. The Balaban J connectivity index is 2.85. The van der Waals surface area contributed by atoms with Gasteiger partial charge in [0, 0.05) is 22.3 Å². The Kier molecular flexibility index (Phi) is 4.45. The molecule has 2 aromatic rings. The van der Waals surface area contributed by atoms with Crippen molar-refractivity contribution in [3.05, 3.63) is 22.9 Å². The van der Waals surface area contributed by atoms with E-state index in [1.54, 1.807) is 5.19 Å². The number of nitrogens with zero attached hydrogens (tertiary/aromatic N) is 1. The summed E-state index contributed by atoms with van der Waals surface area (Å²) in [5.74, 6) is 0. The Morgan fingerprint density at radius 3 is 2.10 bits per heavy atom. The maximum atomic E-state index is 4.49. The molecule has 2 rings (SSSR count). The summed E-state index contributed by atoms with van der Waals surface area (Å²) in [6.45, 7) is 14.4. The van der Waals surface area contributed by atoms with Crippen molar-refractivity contribution in [3.63, 3.8) is 0 Å².